The maximum Gasteiger partial charge on any atom is 0.312 e. The van der Waals surface area contributed by atoms with Crippen LogP contribution < -0.4 is 0 Å². The van der Waals surface area contributed by atoms with Crippen LogP contribution in [0.5, 0.6) is 0 Å². The van der Waals surface area contributed by atoms with Crippen molar-refractivity contribution in [2.45, 2.75) is 76.2 Å². The van der Waals surface area contributed by atoms with Crippen LogP contribution >= 0.6 is 0 Å². The third-order valence-electron chi connectivity index (χ3n) is 9.19. The molecule has 1 spiro atoms. The van der Waals surface area contributed by atoms with Crippen LogP contribution in [0.25, 0.3) is 0 Å². The Morgan fingerprint density at radius 3 is 2.60 bits per heavy atom. The van der Waals surface area contributed by atoms with Crippen LogP contribution in [0.3, 0.4) is 0 Å². The molecule has 8 nitrogen and oxygen atoms in total. The maximum absolute atomic E-state index is 14.6. The Balaban J connectivity index is 1.83. The van der Waals surface area contributed by atoms with E-state index in [1.54, 1.807) is 17.1 Å². The van der Waals surface area contributed by atoms with Gasteiger partial charge in [-0.25, -0.2) is 0 Å². The second kappa shape index (κ2) is 12.3. The highest BCUT2D eigenvalue weighted by Crippen LogP contribution is 2.66. The lowest BCUT2D eigenvalue weighted by Gasteiger charge is -2.39. The van der Waals surface area contributed by atoms with Gasteiger partial charge in [0.25, 0.3) is 0 Å². The summed E-state index contributed by atoms with van der Waals surface area (Å²) in [7, 11) is 0. The molecule has 218 valence electrons. The van der Waals surface area contributed by atoms with Gasteiger partial charge >= 0.3 is 5.97 Å². The van der Waals surface area contributed by atoms with Crippen molar-refractivity contribution in [1.29, 1.82) is 0 Å². The molecule has 3 aliphatic heterocycles. The lowest BCUT2D eigenvalue weighted by molar-refractivity contribution is -0.163. The molecule has 3 heterocycles. The van der Waals surface area contributed by atoms with Gasteiger partial charge < -0.3 is 24.4 Å². The molecule has 8 heteroatoms. The number of aliphatic hydroxyl groups excluding tert-OH is 1. The Bertz CT molecular complexity index is 1110. The van der Waals surface area contributed by atoms with Crippen LogP contribution in [0.15, 0.2) is 55.6 Å². The number of ether oxygens (including phenoxy) is 2. The van der Waals surface area contributed by atoms with E-state index in [4.69, 9.17) is 9.47 Å². The number of esters is 1. The third-order valence-corrected chi connectivity index (χ3v) is 9.19. The van der Waals surface area contributed by atoms with Crippen LogP contribution in [-0.4, -0.2) is 76.2 Å². The lowest BCUT2D eigenvalue weighted by Crippen LogP contribution is -2.57. The van der Waals surface area contributed by atoms with Crippen molar-refractivity contribution in [2.24, 2.45) is 17.8 Å². The van der Waals surface area contributed by atoms with Crippen molar-refractivity contribution in [3.05, 3.63) is 61.2 Å². The molecular formula is C32H44N2O6. The van der Waals surface area contributed by atoms with Crippen LogP contribution in [0, 0.1) is 17.8 Å². The number of carbonyl (C=O) groups excluding carboxylic acids is 3. The van der Waals surface area contributed by atoms with Crippen LogP contribution in [0.1, 0.15) is 64.5 Å². The zero-order valence-corrected chi connectivity index (χ0v) is 24.1. The van der Waals surface area contributed by atoms with Gasteiger partial charge in [0.1, 0.15) is 17.6 Å². The molecule has 1 aromatic carbocycles. The number of nitrogens with zero attached hydrogens (tertiary/aromatic N) is 2. The van der Waals surface area contributed by atoms with Crippen molar-refractivity contribution in [2.75, 3.05) is 26.3 Å². The summed E-state index contributed by atoms with van der Waals surface area (Å²) in [5.41, 5.74) is -1.45. The van der Waals surface area contributed by atoms with E-state index in [-0.39, 0.29) is 30.9 Å². The first-order chi connectivity index (χ1) is 19.2. The van der Waals surface area contributed by atoms with E-state index in [0.717, 1.165) is 19.3 Å². The number of carbonyl (C=O) groups is 3. The highest BCUT2D eigenvalue weighted by atomic mass is 16.6. The number of rotatable bonds is 14. The van der Waals surface area contributed by atoms with Crippen LogP contribution in [0.4, 0.5) is 0 Å². The molecule has 2 bridgehead atoms. The number of hydrogen-bond donors (Lipinski definition) is 1. The molecule has 0 aliphatic carbocycles. The van der Waals surface area contributed by atoms with Crippen LogP contribution in [-0.2, 0) is 23.9 Å². The first kappa shape index (κ1) is 30.0. The van der Waals surface area contributed by atoms with Gasteiger partial charge in [-0.3, -0.25) is 14.4 Å². The van der Waals surface area contributed by atoms with Gasteiger partial charge in [0, 0.05) is 13.1 Å². The summed E-state index contributed by atoms with van der Waals surface area (Å²) in [6.07, 6.45) is 7.11. The first-order valence-electron chi connectivity index (χ1n) is 14.6. The summed E-state index contributed by atoms with van der Waals surface area (Å²) in [5, 5.41) is 10.6. The van der Waals surface area contributed by atoms with E-state index in [9.17, 15) is 19.5 Å². The summed E-state index contributed by atoms with van der Waals surface area (Å²) < 4.78 is 12.4. The number of benzene rings is 1. The zero-order chi connectivity index (χ0) is 29.1. The minimum absolute atomic E-state index is 0.0963. The van der Waals surface area contributed by atoms with Crippen molar-refractivity contribution < 1.29 is 29.0 Å². The molecular weight excluding hydrogens is 508 g/mol. The molecule has 3 saturated heterocycles. The van der Waals surface area contributed by atoms with Crippen LogP contribution in [0.2, 0.25) is 0 Å². The van der Waals surface area contributed by atoms with Gasteiger partial charge in [-0.1, -0.05) is 69.2 Å². The number of likely N-dealkylation sites (tertiary alicyclic amines) is 1. The predicted octanol–water partition coefficient (Wildman–Crippen LogP) is 4.05. The quantitative estimate of drug-likeness (QED) is 0.213. The van der Waals surface area contributed by atoms with Crippen molar-refractivity contribution in [3.63, 3.8) is 0 Å². The van der Waals surface area contributed by atoms with Gasteiger partial charge in [-0.2, -0.15) is 0 Å². The molecule has 0 radical (unpaired) electrons. The summed E-state index contributed by atoms with van der Waals surface area (Å²) >= 11 is 0. The average Bonchev–Trinajstić information content (AvgIpc) is 3.46. The zero-order valence-electron chi connectivity index (χ0n) is 24.1. The minimum Gasteiger partial charge on any atom is -0.465 e. The number of hydrogen-bond acceptors (Lipinski definition) is 6. The predicted molar refractivity (Wildman–Crippen MR) is 152 cm³/mol. The molecule has 1 aromatic rings. The Hall–Kier alpha value is -2.97. The van der Waals surface area contributed by atoms with E-state index in [1.165, 1.54) is 4.90 Å². The van der Waals surface area contributed by atoms with Crippen molar-refractivity contribution in [1.82, 2.24) is 9.80 Å². The number of fused-ring (bicyclic) bond motifs is 1. The Morgan fingerprint density at radius 2 is 1.98 bits per heavy atom. The summed E-state index contributed by atoms with van der Waals surface area (Å²) in [4.78, 5) is 45.9. The number of unbranched alkanes of at least 4 members (excludes halogenated alkanes) is 2. The molecule has 4 rings (SSSR count). The highest BCUT2D eigenvalue weighted by molar-refractivity contribution is 5.99. The molecule has 3 unspecified atom stereocenters. The second-order valence-electron chi connectivity index (χ2n) is 11.6. The molecule has 3 aliphatic rings. The topological polar surface area (TPSA) is 96.4 Å². The van der Waals surface area contributed by atoms with Crippen molar-refractivity contribution >= 4 is 17.8 Å². The fraction of sp³-hybridized carbons (Fsp3) is 0.594. The first-order valence-corrected chi connectivity index (χ1v) is 14.6. The largest absolute Gasteiger partial charge is 0.465 e. The standard InChI is InChI=1S/C32H44N2O6/c1-6-9-14-18-33(17-8-3)29(37)27-32-20-22(4)31(5,40-32)26(30(38)39-19-10-7-2)25(32)28(36)34(27)24(21-35)23-15-12-11-13-16-23/h7-8,11-13,15-16,22,24-27,35H,2-3,6,9-10,14,17-21H2,1,4-5H3/t22?,24-,25+,26-,27?,31+,32?/m1/s1. The third kappa shape index (κ3) is 4.90. The molecule has 40 heavy (non-hydrogen) atoms. The number of aliphatic hydroxyl groups is 1. The maximum atomic E-state index is 14.6. The lowest BCUT2D eigenvalue weighted by atomic mass is 9.62. The SMILES string of the molecule is C=CCCOC(=O)[C@H]1[C@H]2C(=O)N([C@H](CO)c3ccccc3)C(C(=O)N(CC=C)CCCCC)C23CC(C)[C@]1(C)O3. The molecule has 3 fully saturated rings. The normalized spacial score (nSPS) is 31.1. The van der Waals surface area contributed by atoms with E-state index in [1.807, 2.05) is 44.2 Å². The average molecular weight is 553 g/mol. The fourth-order valence-corrected chi connectivity index (χ4v) is 7.19. The van der Waals surface area contributed by atoms with E-state index in [0.29, 0.717) is 31.5 Å². The summed E-state index contributed by atoms with van der Waals surface area (Å²) in [6.45, 7) is 14.2. The summed E-state index contributed by atoms with van der Waals surface area (Å²) in [6, 6.07) is 7.46. The molecule has 0 aromatic heterocycles. The van der Waals surface area contributed by atoms with Gasteiger partial charge in [0.15, 0.2) is 0 Å². The smallest absolute Gasteiger partial charge is 0.312 e. The Labute approximate surface area is 238 Å². The Morgan fingerprint density at radius 1 is 1.25 bits per heavy atom. The van der Waals surface area contributed by atoms with E-state index in [2.05, 4.69) is 20.1 Å². The van der Waals surface area contributed by atoms with E-state index >= 15 is 0 Å². The minimum atomic E-state index is -1.21. The highest BCUT2D eigenvalue weighted by Gasteiger charge is 2.80. The van der Waals surface area contributed by atoms with Gasteiger partial charge in [-0.05, 0) is 37.7 Å². The van der Waals surface area contributed by atoms with Gasteiger partial charge in [0.05, 0.1) is 30.8 Å². The molecule has 7 atom stereocenters. The molecule has 0 saturated carbocycles. The molecule has 2 amide bonds. The Kier molecular flexibility index (Phi) is 9.20. The van der Waals surface area contributed by atoms with Crippen molar-refractivity contribution in [3.8, 4) is 0 Å². The van der Waals surface area contributed by atoms with Gasteiger partial charge in [0.2, 0.25) is 11.8 Å². The monoisotopic (exact) mass is 552 g/mol. The number of amides is 2. The van der Waals surface area contributed by atoms with E-state index < -0.39 is 41.1 Å². The van der Waals surface area contributed by atoms with Gasteiger partial charge in [-0.15, -0.1) is 13.2 Å². The summed E-state index contributed by atoms with van der Waals surface area (Å²) in [5.74, 6) is -2.93. The molecule has 1 N–H and O–H groups in total. The fourth-order valence-electron chi connectivity index (χ4n) is 7.19. The second-order valence-corrected chi connectivity index (χ2v) is 11.6.